The predicted octanol–water partition coefficient (Wildman–Crippen LogP) is 1.50. The maximum absolute atomic E-state index is 12.0. The summed E-state index contributed by atoms with van der Waals surface area (Å²) in [5.41, 5.74) is 7.10. The van der Waals surface area contributed by atoms with E-state index in [4.69, 9.17) is 22.5 Å². The lowest BCUT2D eigenvalue weighted by atomic mass is 10.1. The highest BCUT2D eigenvalue weighted by atomic mass is 35.5. The Morgan fingerprint density at radius 3 is 2.32 bits per heavy atom. The molecule has 2 aromatic carbocycles. The number of amides is 1. The third kappa shape index (κ3) is 3.97. The maximum Gasteiger partial charge on any atom is 0.251 e. The van der Waals surface area contributed by atoms with Crippen LogP contribution in [0.1, 0.15) is 15.9 Å². The van der Waals surface area contributed by atoms with E-state index in [2.05, 4.69) is 5.32 Å². The smallest absolute Gasteiger partial charge is 0.251 e. The standard InChI is InChI=1S/C14H14ClN3O3S/c15-12-6-3-10(7-13(12)16)14(19)18-8-9-1-4-11(5-2-9)22(17,20)21/h1-7H,8,16H2,(H,18,19)(H2,17,20,21). The average Bonchev–Trinajstić information content (AvgIpc) is 2.47. The molecule has 0 aliphatic rings. The Balaban J connectivity index is 2.03. The molecule has 0 aromatic heterocycles. The Morgan fingerprint density at radius 2 is 1.77 bits per heavy atom. The van der Waals surface area contributed by atoms with Crippen molar-refractivity contribution in [2.45, 2.75) is 11.4 Å². The number of hydrogen-bond donors (Lipinski definition) is 3. The summed E-state index contributed by atoms with van der Waals surface area (Å²) in [6, 6.07) is 10.5. The van der Waals surface area contributed by atoms with Gasteiger partial charge in [0.05, 0.1) is 15.6 Å². The largest absolute Gasteiger partial charge is 0.398 e. The van der Waals surface area contributed by atoms with E-state index in [0.717, 1.165) is 5.56 Å². The second-order valence-corrected chi connectivity index (χ2v) is 6.58. The number of carbonyl (C=O) groups excluding carboxylic acids is 1. The lowest BCUT2D eigenvalue weighted by molar-refractivity contribution is 0.0951. The number of nitrogens with one attached hydrogen (secondary N) is 1. The van der Waals surface area contributed by atoms with Crippen molar-refractivity contribution in [2.75, 3.05) is 5.73 Å². The molecule has 0 unspecified atom stereocenters. The van der Waals surface area contributed by atoms with Gasteiger partial charge in [-0.1, -0.05) is 23.7 Å². The minimum Gasteiger partial charge on any atom is -0.398 e. The van der Waals surface area contributed by atoms with Crippen LogP contribution in [0.15, 0.2) is 47.4 Å². The van der Waals surface area contributed by atoms with Gasteiger partial charge in [0.2, 0.25) is 10.0 Å². The molecular weight excluding hydrogens is 326 g/mol. The van der Waals surface area contributed by atoms with Crippen LogP contribution in [-0.2, 0) is 16.6 Å². The average molecular weight is 340 g/mol. The minimum absolute atomic E-state index is 0.0213. The van der Waals surface area contributed by atoms with Gasteiger partial charge >= 0.3 is 0 Å². The van der Waals surface area contributed by atoms with Gasteiger partial charge in [-0.2, -0.15) is 0 Å². The molecule has 0 aliphatic heterocycles. The fourth-order valence-electron chi connectivity index (χ4n) is 1.77. The second kappa shape index (κ2) is 6.35. The molecule has 0 bridgehead atoms. The van der Waals surface area contributed by atoms with Gasteiger partial charge in [0, 0.05) is 12.1 Å². The van der Waals surface area contributed by atoms with Crippen LogP contribution in [-0.4, -0.2) is 14.3 Å². The van der Waals surface area contributed by atoms with Crippen LogP contribution in [0.5, 0.6) is 0 Å². The fourth-order valence-corrected chi connectivity index (χ4v) is 2.40. The first-order chi connectivity index (χ1) is 10.3. The van der Waals surface area contributed by atoms with E-state index in [0.29, 0.717) is 16.3 Å². The van der Waals surface area contributed by atoms with Gasteiger partial charge in [0.25, 0.3) is 5.91 Å². The Kier molecular flexibility index (Phi) is 4.70. The highest BCUT2D eigenvalue weighted by Gasteiger charge is 2.09. The lowest BCUT2D eigenvalue weighted by Crippen LogP contribution is -2.23. The van der Waals surface area contributed by atoms with Crippen molar-refractivity contribution in [2.24, 2.45) is 5.14 Å². The molecule has 0 saturated carbocycles. The number of hydrogen-bond acceptors (Lipinski definition) is 4. The van der Waals surface area contributed by atoms with E-state index in [1.165, 1.54) is 18.2 Å². The van der Waals surface area contributed by atoms with Crippen LogP contribution in [0.2, 0.25) is 5.02 Å². The number of carbonyl (C=O) groups is 1. The monoisotopic (exact) mass is 339 g/mol. The van der Waals surface area contributed by atoms with Crippen LogP contribution >= 0.6 is 11.6 Å². The highest BCUT2D eigenvalue weighted by Crippen LogP contribution is 2.19. The van der Waals surface area contributed by atoms with Crippen LogP contribution in [0.25, 0.3) is 0 Å². The lowest BCUT2D eigenvalue weighted by Gasteiger charge is -2.07. The summed E-state index contributed by atoms with van der Waals surface area (Å²) in [4.78, 5) is 12.0. The summed E-state index contributed by atoms with van der Waals surface area (Å²) in [5.74, 6) is -0.307. The zero-order valence-electron chi connectivity index (χ0n) is 11.4. The van der Waals surface area contributed by atoms with Crippen molar-refractivity contribution in [1.29, 1.82) is 0 Å². The van der Waals surface area contributed by atoms with Crippen LogP contribution < -0.4 is 16.2 Å². The SMILES string of the molecule is Nc1cc(C(=O)NCc2ccc(S(N)(=O)=O)cc2)ccc1Cl. The first-order valence-electron chi connectivity index (χ1n) is 6.22. The number of nitrogens with two attached hydrogens (primary N) is 2. The summed E-state index contributed by atoms with van der Waals surface area (Å²) in [7, 11) is -3.72. The number of rotatable bonds is 4. The molecular formula is C14H14ClN3O3S. The molecule has 1 amide bonds. The van der Waals surface area contributed by atoms with Gasteiger partial charge in [0.1, 0.15) is 0 Å². The maximum atomic E-state index is 12.0. The highest BCUT2D eigenvalue weighted by molar-refractivity contribution is 7.89. The third-order valence-corrected chi connectivity index (χ3v) is 4.24. The normalized spacial score (nSPS) is 11.2. The Hall–Kier alpha value is -2.09. The number of benzene rings is 2. The first-order valence-corrected chi connectivity index (χ1v) is 8.15. The number of primary sulfonamides is 1. The molecule has 22 heavy (non-hydrogen) atoms. The summed E-state index contributed by atoms with van der Waals surface area (Å²) >= 11 is 5.79. The van der Waals surface area contributed by atoms with Gasteiger partial charge in [-0.15, -0.1) is 0 Å². The first kappa shape index (κ1) is 16.3. The molecule has 0 aliphatic carbocycles. The van der Waals surface area contributed by atoms with E-state index < -0.39 is 10.0 Å². The molecule has 0 radical (unpaired) electrons. The topological polar surface area (TPSA) is 115 Å². The molecule has 116 valence electrons. The van der Waals surface area contributed by atoms with Crippen LogP contribution in [0.4, 0.5) is 5.69 Å². The summed E-state index contributed by atoms with van der Waals surface area (Å²) in [6.07, 6.45) is 0. The molecule has 8 heteroatoms. The summed E-state index contributed by atoms with van der Waals surface area (Å²) in [5, 5.41) is 8.10. The quantitative estimate of drug-likeness (QED) is 0.732. The van der Waals surface area contributed by atoms with E-state index in [9.17, 15) is 13.2 Å². The van der Waals surface area contributed by atoms with E-state index in [-0.39, 0.29) is 17.3 Å². The van der Waals surface area contributed by atoms with Crippen molar-refractivity contribution in [3.63, 3.8) is 0 Å². The van der Waals surface area contributed by atoms with Crippen molar-refractivity contribution in [3.8, 4) is 0 Å². The Labute approximate surface area is 133 Å². The van der Waals surface area contributed by atoms with Crippen molar-refractivity contribution < 1.29 is 13.2 Å². The molecule has 0 heterocycles. The van der Waals surface area contributed by atoms with Gasteiger partial charge < -0.3 is 11.1 Å². The van der Waals surface area contributed by atoms with Gasteiger partial charge in [-0.25, -0.2) is 13.6 Å². The van der Waals surface area contributed by atoms with Gasteiger partial charge in [-0.3, -0.25) is 4.79 Å². The third-order valence-electron chi connectivity index (χ3n) is 2.96. The van der Waals surface area contributed by atoms with Crippen molar-refractivity contribution in [1.82, 2.24) is 5.32 Å². The number of sulfonamides is 1. The van der Waals surface area contributed by atoms with E-state index >= 15 is 0 Å². The molecule has 0 spiro atoms. The number of halogens is 1. The molecule has 6 nitrogen and oxygen atoms in total. The number of nitrogen functional groups attached to an aromatic ring is 1. The zero-order valence-corrected chi connectivity index (χ0v) is 13.0. The molecule has 5 N–H and O–H groups in total. The molecule has 0 atom stereocenters. The zero-order chi connectivity index (χ0) is 16.3. The fraction of sp³-hybridized carbons (Fsp3) is 0.0714. The predicted molar refractivity (Wildman–Crippen MR) is 84.8 cm³/mol. The Morgan fingerprint density at radius 1 is 1.14 bits per heavy atom. The molecule has 2 aromatic rings. The summed E-state index contributed by atoms with van der Waals surface area (Å²) < 4.78 is 22.3. The van der Waals surface area contributed by atoms with Gasteiger partial charge in [0.15, 0.2) is 0 Å². The minimum atomic E-state index is -3.72. The van der Waals surface area contributed by atoms with Crippen molar-refractivity contribution >= 4 is 33.2 Å². The van der Waals surface area contributed by atoms with Gasteiger partial charge in [-0.05, 0) is 35.9 Å². The molecule has 0 saturated heterocycles. The number of anilines is 1. The molecule has 0 fully saturated rings. The van der Waals surface area contributed by atoms with Crippen LogP contribution in [0.3, 0.4) is 0 Å². The Bertz CT molecular complexity index is 805. The van der Waals surface area contributed by atoms with Crippen LogP contribution in [0, 0.1) is 0 Å². The van der Waals surface area contributed by atoms with E-state index in [1.54, 1.807) is 24.3 Å². The molecule has 2 rings (SSSR count). The summed E-state index contributed by atoms with van der Waals surface area (Å²) in [6.45, 7) is 0.242. The van der Waals surface area contributed by atoms with E-state index in [1.807, 2.05) is 0 Å². The second-order valence-electron chi connectivity index (χ2n) is 4.61. The van der Waals surface area contributed by atoms with Crippen molar-refractivity contribution in [3.05, 3.63) is 58.6 Å².